The van der Waals surface area contributed by atoms with Crippen molar-refractivity contribution in [3.05, 3.63) is 24.5 Å². The molecule has 0 aliphatic carbocycles. The van der Waals surface area contributed by atoms with Crippen molar-refractivity contribution in [2.24, 2.45) is 0 Å². The van der Waals surface area contributed by atoms with E-state index in [0.29, 0.717) is 0 Å². The average molecular weight is 259 g/mol. The largest absolute Gasteiger partial charge is 0.302 e. The van der Waals surface area contributed by atoms with E-state index < -0.39 is 0 Å². The second kappa shape index (κ2) is 5.65. The molecule has 0 N–H and O–H groups in total. The fraction of sp³-hybridized carbons (Fsp3) is 0.333. The van der Waals surface area contributed by atoms with Crippen LogP contribution >= 0.6 is 11.8 Å². The van der Waals surface area contributed by atoms with Gasteiger partial charge < -0.3 is 4.57 Å². The smallest absolute Gasteiger partial charge is 0.192 e. The summed E-state index contributed by atoms with van der Waals surface area (Å²) in [7, 11) is 0. The van der Waals surface area contributed by atoms with E-state index in [9.17, 15) is 0 Å². The predicted molar refractivity (Wildman–Crippen MR) is 69.9 cm³/mol. The van der Waals surface area contributed by atoms with Crippen molar-refractivity contribution in [3.8, 4) is 17.5 Å². The summed E-state index contributed by atoms with van der Waals surface area (Å²) in [5.41, 5.74) is 0.982. The Morgan fingerprint density at radius 1 is 1.39 bits per heavy atom. The molecule has 0 spiro atoms. The molecule has 0 aliphatic rings. The van der Waals surface area contributed by atoms with Crippen LogP contribution in [0.4, 0.5) is 0 Å². The Hall–Kier alpha value is -1.87. The van der Waals surface area contributed by atoms with E-state index in [4.69, 9.17) is 5.26 Å². The molecule has 0 radical (unpaired) electrons. The van der Waals surface area contributed by atoms with Crippen molar-refractivity contribution in [1.82, 2.24) is 19.7 Å². The van der Waals surface area contributed by atoms with Crippen molar-refractivity contribution < 1.29 is 0 Å². The van der Waals surface area contributed by atoms with Crippen LogP contribution in [0, 0.1) is 11.3 Å². The summed E-state index contributed by atoms with van der Waals surface area (Å²) in [6, 6.07) is 5.99. The van der Waals surface area contributed by atoms with Crippen molar-refractivity contribution in [2.45, 2.75) is 30.8 Å². The molecule has 0 aromatic carbocycles. The maximum Gasteiger partial charge on any atom is 0.192 e. The molecule has 2 aromatic heterocycles. The standard InChI is InChI=1S/C12H13N5S/c1-3-17-11(10-4-6-14-7-5-10)15-16-12(17)18-9(2)8-13/h4-7,9H,3H2,1-2H3. The minimum atomic E-state index is -0.134. The molecule has 0 saturated carbocycles. The first kappa shape index (κ1) is 12.6. The van der Waals surface area contributed by atoms with Gasteiger partial charge in [0.1, 0.15) is 0 Å². The van der Waals surface area contributed by atoms with E-state index in [-0.39, 0.29) is 5.25 Å². The van der Waals surface area contributed by atoms with Crippen LogP contribution in [0.3, 0.4) is 0 Å². The van der Waals surface area contributed by atoms with Crippen molar-refractivity contribution in [2.75, 3.05) is 0 Å². The van der Waals surface area contributed by atoms with Gasteiger partial charge in [0, 0.05) is 24.5 Å². The zero-order chi connectivity index (χ0) is 13.0. The Morgan fingerprint density at radius 3 is 2.72 bits per heavy atom. The van der Waals surface area contributed by atoms with Gasteiger partial charge in [-0.3, -0.25) is 4.98 Å². The lowest BCUT2D eigenvalue weighted by Crippen LogP contribution is -2.02. The topological polar surface area (TPSA) is 67.4 Å². The Kier molecular flexibility index (Phi) is 3.95. The van der Waals surface area contributed by atoms with Crippen LogP contribution in [0.5, 0.6) is 0 Å². The Bertz CT molecular complexity index is 558. The number of rotatable bonds is 4. The van der Waals surface area contributed by atoms with Crippen LogP contribution < -0.4 is 0 Å². The lowest BCUT2D eigenvalue weighted by molar-refractivity contribution is 0.686. The Balaban J connectivity index is 2.37. The lowest BCUT2D eigenvalue weighted by atomic mass is 10.2. The molecule has 2 rings (SSSR count). The average Bonchev–Trinajstić information content (AvgIpc) is 2.82. The van der Waals surface area contributed by atoms with Gasteiger partial charge in [0.2, 0.25) is 0 Å². The third-order valence-corrected chi connectivity index (χ3v) is 3.41. The van der Waals surface area contributed by atoms with E-state index in [1.807, 2.05) is 30.5 Å². The van der Waals surface area contributed by atoms with Gasteiger partial charge in [-0.15, -0.1) is 10.2 Å². The molecule has 1 unspecified atom stereocenters. The lowest BCUT2D eigenvalue weighted by Gasteiger charge is -2.07. The molecule has 0 bridgehead atoms. The van der Waals surface area contributed by atoms with Gasteiger partial charge in [-0.2, -0.15) is 5.26 Å². The zero-order valence-electron chi connectivity index (χ0n) is 10.2. The molecule has 92 valence electrons. The first-order chi connectivity index (χ1) is 8.76. The van der Waals surface area contributed by atoms with Gasteiger partial charge >= 0.3 is 0 Å². The SMILES string of the molecule is CCn1c(SC(C)C#N)nnc1-c1ccncc1. The molecule has 6 heteroatoms. The normalized spacial score (nSPS) is 12.1. The fourth-order valence-corrected chi connectivity index (χ4v) is 2.36. The van der Waals surface area contributed by atoms with Crippen LogP contribution in [-0.2, 0) is 6.54 Å². The Labute approximate surface area is 110 Å². The van der Waals surface area contributed by atoms with E-state index in [0.717, 1.165) is 23.1 Å². The summed E-state index contributed by atoms with van der Waals surface area (Å²) < 4.78 is 2.01. The maximum absolute atomic E-state index is 8.85. The van der Waals surface area contributed by atoms with E-state index in [1.165, 1.54) is 11.8 Å². The molecule has 18 heavy (non-hydrogen) atoms. The molecule has 2 aromatic rings. The van der Waals surface area contributed by atoms with Gasteiger partial charge in [-0.05, 0) is 26.0 Å². The number of hydrogen-bond donors (Lipinski definition) is 0. The Morgan fingerprint density at radius 2 is 2.11 bits per heavy atom. The highest BCUT2D eigenvalue weighted by atomic mass is 32.2. The monoisotopic (exact) mass is 259 g/mol. The first-order valence-electron chi connectivity index (χ1n) is 5.66. The van der Waals surface area contributed by atoms with Crippen LogP contribution in [0.25, 0.3) is 11.4 Å². The summed E-state index contributed by atoms with van der Waals surface area (Å²) in [5.74, 6) is 0.813. The van der Waals surface area contributed by atoms with Gasteiger partial charge in [-0.25, -0.2) is 0 Å². The minimum Gasteiger partial charge on any atom is -0.302 e. The van der Waals surface area contributed by atoms with Crippen molar-refractivity contribution >= 4 is 11.8 Å². The van der Waals surface area contributed by atoms with Crippen LogP contribution in [0.1, 0.15) is 13.8 Å². The first-order valence-corrected chi connectivity index (χ1v) is 6.54. The predicted octanol–water partition coefficient (Wildman–Crippen LogP) is 2.36. The number of nitriles is 1. The molecule has 0 amide bonds. The number of hydrogen-bond acceptors (Lipinski definition) is 5. The summed E-state index contributed by atoms with van der Waals surface area (Å²) >= 11 is 1.42. The third kappa shape index (κ3) is 2.51. The number of thioether (sulfide) groups is 1. The molecule has 1 atom stereocenters. The minimum absolute atomic E-state index is 0.134. The van der Waals surface area contributed by atoms with Gasteiger partial charge in [0.05, 0.1) is 11.3 Å². The van der Waals surface area contributed by atoms with E-state index in [1.54, 1.807) is 12.4 Å². The highest BCUT2D eigenvalue weighted by Crippen LogP contribution is 2.25. The second-order valence-corrected chi connectivity index (χ2v) is 4.98. The van der Waals surface area contributed by atoms with Crippen LogP contribution in [0.2, 0.25) is 0 Å². The maximum atomic E-state index is 8.85. The number of nitrogens with zero attached hydrogens (tertiary/aromatic N) is 5. The van der Waals surface area contributed by atoms with Gasteiger partial charge in [0.15, 0.2) is 11.0 Å². The molecule has 5 nitrogen and oxygen atoms in total. The van der Waals surface area contributed by atoms with Gasteiger partial charge in [0.25, 0.3) is 0 Å². The van der Waals surface area contributed by atoms with Crippen LogP contribution in [-0.4, -0.2) is 25.0 Å². The summed E-state index contributed by atoms with van der Waals surface area (Å²) in [6.07, 6.45) is 3.46. The summed E-state index contributed by atoms with van der Waals surface area (Å²) in [4.78, 5) is 3.99. The molecule has 0 saturated heterocycles. The molecular weight excluding hydrogens is 246 g/mol. The second-order valence-electron chi connectivity index (χ2n) is 3.68. The molecule has 2 heterocycles. The van der Waals surface area contributed by atoms with E-state index >= 15 is 0 Å². The molecular formula is C12H13N5S. The van der Waals surface area contributed by atoms with Gasteiger partial charge in [-0.1, -0.05) is 11.8 Å². The summed E-state index contributed by atoms with van der Waals surface area (Å²) in [5, 5.41) is 17.8. The van der Waals surface area contributed by atoms with Crippen LogP contribution in [0.15, 0.2) is 29.7 Å². The van der Waals surface area contributed by atoms with E-state index in [2.05, 4.69) is 21.3 Å². The zero-order valence-corrected chi connectivity index (χ0v) is 11.1. The summed E-state index contributed by atoms with van der Waals surface area (Å²) in [6.45, 7) is 4.66. The van der Waals surface area contributed by atoms with Crippen molar-refractivity contribution in [3.63, 3.8) is 0 Å². The number of aromatic nitrogens is 4. The molecule has 0 aliphatic heterocycles. The quantitative estimate of drug-likeness (QED) is 0.788. The fourth-order valence-electron chi connectivity index (χ4n) is 1.56. The van der Waals surface area contributed by atoms with Crippen molar-refractivity contribution in [1.29, 1.82) is 5.26 Å². The highest BCUT2D eigenvalue weighted by molar-refractivity contribution is 8.00. The molecule has 0 fully saturated rings. The highest BCUT2D eigenvalue weighted by Gasteiger charge is 2.15. The number of pyridine rings is 1. The third-order valence-electron chi connectivity index (χ3n) is 2.44.